The third kappa shape index (κ3) is 2.58. The molecule has 3 unspecified atom stereocenters. The Bertz CT molecular complexity index is 473. The van der Waals surface area contributed by atoms with E-state index in [0.717, 1.165) is 44.8 Å². The number of primary amides is 1. The number of carbonyl (C=O) groups excluding carboxylic acids is 3. The van der Waals surface area contributed by atoms with Crippen LogP contribution < -0.4 is 5.73 Å². The Hall–Kier alpha value is -1.27. The standard InChI is InChI=1S/C16H24N2O4/c17-15(21)16(5-2-1-3-6-16)8-11(9-19)18-7-4-13-14(18)12(20)10-22-13/h9,11,13-14H,1-8,10H2,(H2,17,21). The van der Waals surface area contributed by atoms with Crippen LogP contribution in [0, 0.1) is 5.41 Å². The number of hydrogen-bond donors (Lipinski definition) is 1. The molecule has 22 heavy (non-hydrogen) atoms. The minimum Gasteiger partial charge on any atom is -0.369 e. The van der Waals surface area contributed by atoms with Gasteiger partial charge in [0.2, 0.25) is 5.91 Å². The van der Waals surface area contributed by atoms with Crippen molar-refractivity contribution in [2.45, 2.75) is 63.1 Å². The molecule has 3 aliphatic rings. The summed E-state index contributed by atoms with van der Waals surface area (Å²) in [6, 6.07) is -0.741. The van der Waals surface area contributed by atoms with Crippen molar-refractivity contribution in [3.8, 4) is 0 Å². The highest BCUT2D eigenvalue weighted by Gasteiger charge is 2.49. The number of Topliss-reactive ketones (excluding diaryl/α,β-unsaturated/α-hetero) is 1. The Morgan fingerprint density at radius 1 is 1.41 bits per heavy atom. The lowest BCUT2D eigenvalue weighted by Gasteiger charge is -2.39. The van der Waals surface area contributed by atoms with Crippen LogP contribution in [0.5, 0.6) is 0 Å². The Labute approximate surface area is 130 Å². The summed E-state index contributed by atoms with van der Waals surface area (Å²) in [6.45, 7) is 0.803. The van der Waals surface area contributed by atoms with E-state index in [2.05, 4.69) is 0 Å². The van der Waals surface area contributed by atoms with Crippen LogP contribution >= 0.6 is 0 Å². The number of ketones is 1. The summed E-state index contributed by atoms with van der Waals surface area (Å²) in [4.78, 5) is 37.7. The van der Waals surface area contributed by atoms with E-state index in [9.17, 15) is 14.4 Å². The van der Waals surface area contributed by atoms with Crippen LogP contribution in [0.3, 0.4) is 0 Å². The van der Waals surface area contributed by atoms with Crippen molar-refractivity contribution in [2.24, 2.45) is 11.1 Å². The predicted octanol–water partition coefficient (Wildman–Crippen LogP) is 0.422. The van der Waals surface area contributed by atoms with Gasteiger partial charge in [-0.05, 0) is 25.7 Å². The molecule has 6 nitrogen and oxygen atoms in total. The average Bonchev–Trinajstić information content (AvgIpc) is 3.09. The second kappa shape index (κ2) is 6.08. The fraction of sp³-hybridized carbons (Fsp3) is 0.812. The Kier molecular flexibility index (Phi) is 4.32. The molecule has 3 atom stereocenters. The van der Waals surface area contributed by atoms with Crippen LogP contribution in [0.2, 0.25) is 0 Å². The SMILES string of the molecule is NC(=O)C1(CC(C=O)N2CCC3OCC(=O)C32)CCCCC1. The van der Waals surface area contributed by atoms with Gasteiger partial charge in [-0.3, -0.25) is 14.5 Å². The Balaban J connectivity index is 1.77. The highest BCUT2D eigenvalue weighted by atomic mass is 16.5. The number of ether oxygens (including phenoxy) is 1. The number of nitrogens with two attached hydrogens (primary N) is 1. The van der Waals surface area contributed by atoms with Gasteiger partial charge in [-0.25, -0.2) is 0 Å². The number of aldehydes is 1. The van der Waals surface area contributed by atoms with Gasteiger partial charge < -0.3 is 15.3 Å². The number of rotatable bonds is 5. The van der Waals surface area contributed by atoms with Gasteiger partial charge in [0, 0.05) is 6.54 Å². The zero-order valence-corrected chi connectivity index (χ0v) is 12.8. The molecule has 2 aliphatic heterocycles. The molecular weight excluding hydrogens is 284 g/mol. The fourth-order valence-corrected chi connectivity index (χ4v) is 4.42. The van der Waals surface area contributed by atoms with Crippen LogP contribution in [0.1, 0.15) is 44.9 Å². The van der Waals surface area contributed by atoms with Crippen molar-refractivity contribution in [3.63, 3.8) is 0 Å². The van der Waals surface area contributed by atoms with E-state index in [-0.39, 0.29) is 30.4 Å². The summed E-state index contributed by atoms with van der Waals surface area (Å²) in [5.74, 6) is -0.255. The van der Waals surface area contributed by atoms with Crippen molar-refractivity contribution in [3.05, 3.63) is 0 Å². The number of fused-ring (bicyclic) bond motifs is 1. The van der Waals surface area contributed by atoms with E-state index in [1.807, 2.05) is 4.90 Å². The van der Waals surface area contributed by atoms with E-state index in [4.69, 9.17) is 10.5 Å². The van der Waals surface area contributed by atoms with Gasteiger partial charge in [-0.2, -0.15) is 0 Å². The first kappa shape index (κ1) is 15.6. The highest BCUT2D eigenvalue weighted by molar-refractivity contribution is 5.88. The molecule has 1 aliphatic carbocycles. The van der Waals surface area contributed by atoms with Crippen molar-refractivity contribution < 1.29 is 19.1 Å². The maximum atomic E-state index is 12.0. The number of amides is 1. The number of likely N-dealkylation sites (tertiary alicyclic amines) is 1. The lowest BCUT2D eigenvalue weighted by Crippen LogP contribution is -2.50. The summed E-state index contributed by atoms with van der Waals surface area (Å²) in [5.41, 5.74) is 5.08. The quantitative estimate of drug-likeness (QED) is 0.744. The summed E-state index contributed by atoms with van der Waals surface area (Å²) < 4.78 is 5.48. The number of nitrogens with zero attached hydrogens (tertiary/aromatic N) is 1. The number of carbonyl (C=O) groups is 3. The first-order valence-corrected chi connectivity index (χ1v) is 8.23. The van der Waals surface area contributed by atoms with Gasteiger partial charge in [0.1, 0.15) is 12.9 Å². The Morgan fingerprint density at radius 2 is 2.14 bits per heavy atom. The summed E-state index contributed by atoms with van der Waals surface area (Å²) in [6.07, 6.45) is 6.55. The second-order valence-electron chi connectivity index (χ2n) is 6.90. The van der Waals surface area contributed by atoms with Crippen LogP contribution in [0.25, 0.3) is 0 Å². The molecule has 1 amide bonds. The minimum atomic E-state index is -0.593. The van der Waals surface area contributed by atoms with E-state index >= 15 is 0 Å². The summed E-state index contributed by atoms with van der Waals surface area (Å²) >= 11 is 0. The molecule has 0 aromatic carbocycles. The van der Waals surface area contributed by atoms with E-state index in [0.29, 0.717) is 13.0 Å². The van der Waals surface area contributed by atoms with Crippen LogP contribution in [0.15, 0.2) is 0 Å². The monoisotopic (exact) mass is 308 g/mol. The Morgan fingerprint density at radius 3 is 2.77 bits per heavy atom. The van der Waals surface area contributed by atoms with Crippen molar-refractivity contribution in [1.82, 2.24) is 4.90 Å². The third-order valence-electron chi connectivity index (χ3n) is 5.67. The van der Waals surface area contributed by atoms with Gasteiger partial charge in [-0.1, -0.05) is 19.3 Å². The lowest BCUT2D eigenvalue weighted by atomic mass is 9.69. The average molecular weight is 308 g/mol. The molecule has 1 saturated carbocycles. The number of hydrogen-bond acceptors (Lipinski definition) is 5. The maximum absolute atomic E-state index is 12.0. The molecule has 0 aromatic heterocycles. The zero-order chi connectivity index (χ0) is 15.7. The summed E-state index contributed by atoms with van der Waals surface area (Å²) in [7, 11) is 0. The maximum Gasteiger partial charge on any atom is 0.223 e. The molecular formula is C16H24N2O4. The van der Waals surface area contributed by atoms with E-state index < -0.39 is 11.5 Å². The molecule has 2 heterocycles. The molecule has 3 fully saturated rings. The van der Waals surface area contributed by atoms with Gasteiger partial charge in [0.15, 0.2) is 5.78 Å². The zero-order valence-electron chi connectivity index (χ0n) is 12.8. The largest absolute Gasteiger partial charge is 0.369 e. The first-order valence-electron chi connectivity index (χ1n) is 8.23. The fourth-order valence-electron chi connectivity index (χ4n) is 4.42. The van der Waals surface area contributed by atoms with Crippen LogP contribution in [-0.2, 0) is 19.1 Å². The molecule has 0 aromatic rings. The molecule has 0 radical (unpaired) electrons. The normalized spacial score (nSPS) is 32.6. The van der Waals surface area contributed by atoms with E-state index in [1.165, 1.54) is 0 Å². The predicted molar refractivity (Wildman–Crippen MR) is 79.0 cm³/mol. The minimum absolute atomic E-state index is 0.0473. The van der Waals surface area contributed by atoms with Crippen LogP contribution in [-0.4, -0.2) is 54.2 Å². The second-order valence-corrected chi connectivity index (χ2v) is 6.90. The van der Waals surface area contributed by atoms with E-state index in [1.54, 1.807) is 0 Å². The van der Waals surface area contributed by atoms with Crippen molar-refractivity contribution >= 4 is 18.0 Å². The topological polar surface area (TPSA) is 89.7 Å². The van der Waals surface area contributed by atoms with Gasteiger partial charge in [0.05, 0.1) is 23.6 Å². The lowest BCUT2D eigenvalue weighted by molar-refractivity contribution is -0.132. The molecule has 3 rings (SSSR count). The molecule has 6 heteroatoms. The smallest absolute Gasteiger partial charge is 0.223 e. The van der Waals surface area contributed by atoms with Crippen molar-refractivity contribution in [1.29, 1.82) is 0 Å². The molecule has 0 spiro atoms. The molecule has 122 valence electrons. The highest BCUT2D eigenvalue weighted by Crippen LogP contribution is 2.42. The van der Waals surface area contributed by atoms with Gasteiger partial charge >= 0.3 is 0 Å². The summed E-state index contributed by atoms with van der Waals surface area (Å²) in [5, 5.41) is 0. The third-order valence-corrected chi connectivity index (χ3v) is 5.67. The first-order chi connectivity index (χ1) is 10.6. The molecule has 2 saturated heterocycles. The molecule has 2 N–H and O–H groups in total. The van der Waals surface area contributed by atoms with Gasteiger partial charge in [0.25, 0.3) is 0 Å². The van der Waals surface area contributed by atoms with Crippen LogP contribution in [0.4, 0.5) is 0 Å². The van der Waals surface area contributed by atoms with Gasteiger partial charge in [-0.15, -0.1) is 0 Å². The molecule has 0 bridgehead atoms. The van der Waals surface area contributed by atoms with Crippen molar-refractivity contribution in [2.75, 3.05) is 13.2 Å².